The van der Waals surface area contributed by atoms with E-state index in [1.54, 1.807) is 12.4 Å². The standard InChI is InChI=1S/C11H8BrN5/c12-9-5-8(1-3-14-9)17-4-2-7-6-15-11(13)16-10(7)17/h1-6H,(H2,13,15,16). The molecule has 0 atom stereocenters. The molecule has 6 heteroatoms. The van der Waals surface area contributed by atoms with Gasteiger partial charge in [-0.3, -0.25) is 0 Å². The fraction of sp³-hybridized carbons (Fsp3) is 0. The Hall–Kier alpha value is -1.95. The van der Waals surface area contributed by atoms with Crippen LogP contribution in [0.3, 0.4) is 0 Å². The van der Waals surface area contributed by atoms with E-state index in [0.717, 1.165) is 21.3 Å². The fourth-order valence-electron chi connectivity index (χ4n) is 1.68. The Kier molecular flexibility index (Phi) is 2.29. The highest BCUT2D eigenvalue weighted by atomic mass is 79.9. The van der Waals surface area contributed by atoms with Crippen LogP contribution in [0.15, 0.2) is 41.4 Å². The molecule has 2 N–H and O–H groups in total. The second kappa shape index (κ2) is 3.81. The van der Waals surface area contributed by atoms with E-state index in [4.69, 9.17) is 5.73 Å². The van der Waals surface area contributed by atoms with Gasteiger partial charge in [0.1, 0.15) is 10.3 Å². The summed E-state index contributed by atoms with van der Waals surface area (Å²) in [5.41, 5.74) is 7.36. The summed E-state index contributed by atoms with van der Waals surface area (Å²) in [7, 11) is 0. The molecule has 17 heavy (non-hydrogen) atoms. The van der Waals surface area contributed by atoms with Gasteiger partial charge in [-0.1, -0.05) is 0 Å². The minimum absolute atomic E-state index is 0.269. The van der Waals surface area contributed by atoms with Crippen LogP contribution in [0.25, 0.3) is 16.7 Å². The second-order valence-electron chi connectivity index (χ2n) is 3.53. The van der Waals surface area contributed by atoms with Crippen molar-refractivity contribution in [3.63, 3.8) is 0 Å². The maximum absolute atomic E-state index is 5.60. The van der Waals surface area contributed by atoms with Gasteiger partial charge in [-0.25, -0.2) is 9.97 Å². The highest BCUT2D eigenvalue weighted by Crippen LogP contribution is 2.20. The SMILES string of the molecule is Nc1ncc2ccn(-c3ccnc(Br)c3)c2n1. The summed E-state index contributed by atoms with van der Waals surface area (Å²) < 4.78 is 2.72. The molecule has 0 aliphatic carbocycles. The molecule has 3 aromatic rings. The van der Waals surface area contributed by atoms with Crippen LogP contribution < -0.4 is 5.73 Å². The first-order valence-corrected chi connectivity index (χ1v) is 5.75. The van der Waals surface area contributed by atoms with E-state index in [1.807, 2.05) is 29.0 Å². The number of fused-ring (bicyclic) bond motifs is 1. The molecular formula is C11H8BrN5. The first-order valence-electron chi connectivity index (χ1n) is 4.95. The smallest absolute Gasteiger partial charge is 0.221 e. The predicted octanol–water partition coefficient (Wildman–Crippen LogP) is 2.16. The monoisotopic (exact) mass is 289 g/mol. The maximum Gasteiger partial charge on any atom is 0.221 e. The summed E-state index contributed by atoms with van der Waals surface area (Å²) in [5.74, 6) is 0.269. The summed E-state index contributed by atoms with van der Waals surface area (Å²) in [5, 5.41) is 0.951. The summed E-state index contributed by atoms with van der Waals surface area (Å²) in [6.07, 6.45) is 5.38. The lowest BCUT2D eigenvalue weighted by Gasteiger charge is -2.04. The molecule has 0 aromatic carbocycles. The van der Waals surface area contributed by atoms with E-state index in [2.05, 4.69) is 30.9 Å². The number of nitrogens with zero attached hydrogens (tertiary/aromatic N) is 4. The zero-order valence-electron chi connectivity index (χ0n) is 8.71. The quantitative estimate of drug-likeness (QED) is 0.697. The Balaban J connectivity index is 2.27. The van der Waals surface area contributed by atoms with Crippen LogP contribution in [0.5, 0.6) is 0 Å². The molecule has 0 aliphatic heterocycles. The summed E-state index contributed by atoms with van der Waals surface area (Å²) in [4.78, 5) is 12.3. The highest BCUT2D eigenvalue weighted by Gasteiger charge is 2.06. The van der Waals surface area contributed by atoms with Crippen molar-refractivity contribution in [1.29, 1.82) is 0 Å². The number of hydrogen-bond donors (Lipinski definition) is 1. The van der Waals surface area contributed by atoms with Crippen LogP contribution in [0, 0.1) is 0 Å². The minimum atomic E-state index is 0.269. The van der Waals surface area contributed by atoms with Crippen molar-refractivity contribution < 1.29 is 0 Å². The Morgan fingerprint density at radius 1 is 1.24 bits per heavy atom. The number of halogens is 1. The van der Waals surface area contributed by atoms with Gasteiger partial charge in [-0.15, -0.1) is 0 Å². The molecule has 3 aromatic heterocycles. The molecule has 84 valence electrons. The van der Waals surface area contributed by atoms with Gasteiger partial charge in [0, 0.05) is 24.0 Å². The Bertz CT molecular complexity index is 691. The lowest BCUT2D eigenvalue weighted by molar-refractivity contribution is 1.07. The molecule has 5 nitrogen and oxygen atoms in total. The van der Waals surface area contributed by atoms with E-state index in [-0.39, 0.29) is 5.95 Å². The molecular weight excluding hydrogens is 282 g/mol. The third-order valence-corrected chi connectivity index (χ3v) is 2.87. The van der Waals surface area contributed by atoms with Crippen LogP contribution in [-0.4, -0.2) is 19.5 Å². The topological polar surface area (TPSA) is 69.6 Å². The van der Waals surface area contributed by atoms with Crippen molar-refractivity contribution in [1.82, 2.24) is 19.5 Å². The number of rotatable bonds is 1. The number of anilines is 1. The van der Waals surface area contributed by atoms with Gasteiger partial charge in [0.15, 0.2) is 0 Å². The predicted molar refractivity (Wildman–Crippen MR) is 68.8 cm³/mol. The number of nitrogens with two attached hydrogens (primary N) is 1. The zero-order valence-corrected chi connectivity index (χ0v) is 10.3. The van der Waals surface area contributed by atoms with Crippen LogP contribution in [0.4, 0.5) is 5.95 Å². The normalized spacial score (nSPS) is 10.9. The number of pyridine rings is 1. The molecule has 0 unspecified atom stereocenters. The van der Waals surface area contributed by atoms with E-state index in [0.29, 0.717) is 0 Å². The molecule has 0 radical (unpaired) electrons. The van der Waals surface area contributed by atoms with Crippen molar-refractivity contribution in [2.75, 3.05) is 5.73 Å². The average Bonchev–Trinajstić information content (AvgIpc) is 2.71. The van der Waals surface area contributed by atoms with Gasteiger partial charge in [-0.2, -0.15) is 4.98 Å². The van der Waals surface area contributed by atoms with Crippen molar-refractivity contribution in [3.05, 3.63) is 41.4 Å². The van der Waals surface area contributed by atoms with Crippen LogP contribution in [0.1, 0.15) is 0 Å². The molecule has 0 bridgehead atoms. The van der Waals surface area contributed by atoms with Crippen molar-refractivity contribution in [3.8, 4) is 5.69 Å². The van der Waals surface area contributed by atoms with Crippen molar-refractivity contribution in [2.45, 2.75) is 0 Å². The fourth-order valence-corrected chi connectivity index (χ4v) is 2.03. The highest BCUT2D eigenvalue weighted by molar-refractivity contribution is 9.10. The van der Waals surface area contributed by atoms with Gasteiger partial charge >= 0.3 is 0 Å². The largest absolute Gasteiger partial charge is 0.368 e. The van der Waals surface area contributed by atoms with Crippen LogP contribution in [-0.2, 0) is 0 Å². The van der Waals surface area contributed by atoms with E-state index in [9.17, 15) is 0 Å². The minimum Gasteiger partial charge on any atom is -0.368 e. The molecule has 0 saturated carbocycles. The van der Waals surface area contributed by atoms with Crippen LogP contribution >= 0.6 is 15.9 Å². The van der Waals surface area contributed by atoms with E-state index in [1.165, 1.54) is 0 Å². The first-order chi connectivity index (χ1) is 8.24. The summed E-state index contributed by atoms with van der Waals surface area (Å²) in [6.45, 7) is 0. The molecule has 3 rings (SSSR count). The molecule has 0 amide bonds. The number of aromatic nitrogens is 4. The third-order valence-electron chi connectivity index (χ3n) is 2.43. The number of nitrogen functional groups attached to an aromatic ring is 1. The Labute approximate surface area is 105 Å². The Morgan fingerprint density at radius 3 is 2.94 bits per heavy atom. The maximum atomic E-state index is 5.60. The molecule has 0 aliphatic rings. The lowest BCUT2D eigenvalue weighted by atomic mass is 10.4. The zero-order chi connectivity index (χ0) is 11.8. The van der Waals surface area contributed by atoms with Crippen LogP contribution in [0.2, 0.25) is 0 Å². The Morgan fingerprint density at radius 2 is 2.12 bits per heavy atom. The summed E-state index contributed by atoms with van der Waals surface area (Å²) in [6, 6.07) is 5.77. The van der Waals surface area contributed by atoms with Gasteiger partial charge in [0.05, 0.1) is 5.69 Å². The lowest BCUT2D eigenvalue weighted by Crippen LogP contribution is -1.98. The third kappa shape index (κ3) is 1.76. The molecule has 0 saturated heterocycles. The number of hydrogen-bond acceptors (Lipinski definition) is 4. The van der Waals surface area contributed by atoms with E-state index < -0.39 is 0 Å². The average molecular weight is 290 g/mol. The molecule has 0 fully saturated rings. The van der Waals surface area contributed by atoms with Gasteiger partial charge in [-0.05, 0) is 34.1 Å². The molecule has 3 heterocycles. The van der Waals surface area contributed by atoms with Gasteiger partial charge in [0.25, 0.3) is 0 Å². The van der Waals surface area contributed by atoms with Crippen molar-refractivity contribution >= 4 is 32.9 Å². The first kappa shape index (κ1) is 10.2. The van der Waals surface area contributed by atoms with Gasteiger partial charge < -0.3 is 10.3 Å². The molecule has 0 spiro atoms. The summed E-state index contributed by atoms with van der Waals surface area (Å²) >= 11 is 3.34. The van der Waals surface area contributed by atoms with Gasteiger partial charge in [0.2, 0.25) is 5.95 Å². The second-order valence-corrected chi connectivity index (χ2v) is 4.34. The van der Waals surface area contributed by atoms with E-state index >= 15 is 0 Å². The van der Waals surface area contributed by atoms with Crippen molar-refractivity contribution in [2.24, 2.45) is 0 Å².